The number of ether oxygens (including phenoxy) is 2. The van der Waals surface area contributed by atoms with E-state index in [1.807, 2.05) is 39.0 Å². The van der Waals surface area contributed by atoms with E-state index >= 15 is 0 Å². The third kappa shape index (κ3) is 5.63. The summed E-state index contributed by atoms with van der Waals surface area (Å²) in [5.41, 5.74) is 1.54. The van der Waals surface area contributed by atoms with Gasteiger partial charge in [-0.2, -0.15) is 0 Å². The van der Waals surface area contributed by atoms with Crippen molar-refractivity contribution in [1.29, 1.82) is 0 Å². The maximum absolute atomic E-state index is 11.7. The molecule has 0 radical (unpaired) electrons. The second-order valence-corrected chi connectivity index (χ2v) is 6.88. The van der Waals surface area contributed by atoms with E-state index < -0.39 is 17.8 Å². The quantitative estimate of drug-likeness (QED) is 0.775. The van der Waals surface area contributed by atoms with Crippen LogP contribution in [0.1, 0.15) is 33.3 Å². The minimum absolute atomic E-state index is 0.0930. The van der Waals surface area contributed by atoms with Gasteiger partial charge in [-0.1, -0.05) is 0 Å². The molecule has 2 atom stereocenters. The molecule has 2 rings (SSSR count). The number of hydrogen-bond donors (Lipinski definition) is 3. The molecule has 1 aromatic rings. The van der Waals surface area contributed by atoms with E-state index in [4.69, 9.17) is 9.47 Å². The van der Waals surface area contributed by atoms with E-state index in [1.54, 1.807) is 6.92 Å². The molecule has 6 nitrogen and oxygen atoms in total. The first kappa shape index (κ1) is 17.4. The smallest absolute Gasteiger partial charge is 0.407 e. The van der Waals surface area contributed by atoms with Crippen molar-refractivity contribution in [2.75, 3.05) is 18.4 Å². The predicted octanol–water partition coefficient (Wildman–Crippen LogP) is 2.31. The molecular formula is C17H26N2O4. The van der Waals surface area contributed by atoms with E-state index in [9.17, 15) is 9.90 Å². The zero-order valence-corrected chi connectivity index (χ0v) is 14.2. The van der Waals surface area contributed by atoms with Gasteiger partial charge in [-0.3, -0.25) is 0 Å². The molecule has 0 saturated heterocycles. The number of benzene rings is 1. The highest BCUT2D eigenvalue weighted by Crippen LogP contribution is 2.31. The summed E-state index contributed by atoms with van der Waals surface area (Å²) in [7, 11) is 0. The first-order valence-corrected chi connectivity index (χ1v) is 7.91. The molecule has 0 aromatic heterocycles. The van der Waals surface area contributed by atoms with Gasteiger partial charge in [0.1, 0.15) is 17.5 Å². The average molecular weight is 322 g/mol. The van der Waals surface area contributed by atoms with Crippen LogP contribution in [0.3, 0.4) is 0 Å². The summed E-state index contributed by atoms with van der Waals surface area (Å²) in [4.78, 5) is 11.7. The second kappa shape index (κ2) is 7.08. The molecule has 0 aliphatic carbocycles. The molecule has 0 fully saturated rings. The van der Waals surface area contributed by atoms with E-state index in [2.05, 4.69) is 10.6 Å². The van der Waals surface area contributed by atoms with Crippen LogP contribution >= 0.6 is 0 Å². The summed E-state index contributed by atoms with van der Waals surface area (Å²) in [5.74, 6) is 0.837. The molecule has 2 unspecified atom stereocenters. The molecule has 128 valence electrons. The van der Waals surface area contributed by atoms with Crippen molar-refractivity contribution in [3.05, 3.63) is 23.8 Å². The van der Waals surface area contributed by atoms with Crippen molar-refractivity contribution in [2.45, 2.75) is 51.9 Å². The predicted molar refractivity (Wildman–Crippen MR) is 89.0 cm³/mol. The number of fused-ring (bicyclic) bond motifs is 1. The van der Waals surface area contributed by atoms with Crippen LogP contribution in [0.5, 0.6) is 5.75 Å². The first-order chi connectivity index (χ1) is 10.7. The van der Waals surface area contributed by atoms with E-state index in [0.29, 0.717) is 13.1 Å². The number of aliphatic hydroxyl groups is 1. The highest BCUT2D eigenvalue weighted by atomic mass is 16.6. The molecule has 1 aliphatic rings. The molecule has 1 heterocycles. The van der Waals surface area contributed by atoms with Crippen LogP contribution in [-0.2, 0) is 11.2 Å². The largest absolute Gasteiger partial charge is 0.488 e. The van der Waals surface area contributed by atoms with E-state index in [0.717, 1.165) is 23.4 Å². The normalized spacial score (nSPS) is 17.9. The lowest BCUT2D eigenvalue weighted by molar-refractivity contribution is 0.0506. The number of nitrogens with one attached hydrogen (secondary N) is 2. The molecule has 0 saturated carbocycles. The SMILES string of the molecule is CC(O)CNc1ccc2c(c1)CC(CNC(=O)OC(C)(C)C)O2. The molecule has 23 heavy (non-hydrogen) atoms. The Bertz CT molecular complexity index is 552. The highest BCUT2D eigenvalue weighted by Gasteiger charge is 2.24. The molecule has 6 heteroatoms. The van der Waals surface area contributed by atoms with Gasteiger partial charge in [0.2, 0.25) is 0 Å². The fourth-order valence-electron chi connectivity index (χ4n) is 2.32. The van der Waals surface area contributed by atoms with Crippen LogP contribution in [0.15, 0.2) is 18.2 Å². The standard InChI is InChI=1S/C17H26N2O4/c1-11(20)9-18-13-5-6-15-12(7-13)8-14(22-15)10-19-16(21)23-17(2,3)4/h5-7,11,14,18,20H,8-10H2,1-4H3,(H,19,21). The fraction of sp³-hybridized carbons (Fsp3) is 0.588. The average Bonchev–Trinajstić information content (AvgIpc) is 2.83. The van der Waals surface area contributed by atoms with Gasteiger partial charge in [-0.25, -0.2) is 4.79 Å². The van der Waals surface area contributed by atoms with Crippen LogP contribution in [0.4, 0.5) is 10.5 Å². The van der Waals surface area contributed by atoms with Crippen LogP contribution in [0, 0.1) is 0 Å². The first-order valence-electron chi connectivity index (χ1n) is 7.91. The zero-order valence-electron chi connectivity index (χ0n) is 14.2. The monoisotopic (exact) mass is 322 g/mol. The Hall–Kier alpha value is -1.95. The van der Waals surface area contributed by atoms with Crippen LogP contribution in [0.25, 0.3) is 0 Å². The Kier molecular flexibility index (Phi) is 5.36. The summed E-state index contributed by atoms with van der Waals surface area (Å²) >= 11 is 0. The number of alkyl carbamates (subject to hydrolysis) is 1. The maximum Gasteiger partial charge on any atom is 0.407 e. The van der Waals surface area contributed by atoms with Crippen molar-refractivity contribution >= 4 is 11.8 Å². The third-order valence-corrected chi connectivity index (χ3v) is 3.28. The number of amides is 1. The topological polar surface area (TPSA) is 79.8 Å². The Morgan fingerprint density at radius 1 is 1.48 bits per heavy atom. The Morgan fingerprint density at radius 3 is 2.87 bits per heavy atom. The van der Waals surface area contributed by atoms with Gasteiger partial charge in [0.25, 0.3) is 0 Å². The Balaban J connectivity index is 1.83. The number of carbonyl (C=O) groups is 1. The van der Waals surface area contributed by atoms with Crippen LogP contribution in [0.2, 0.25) is 0 Å². The molecule has 1 aromatic carbocycles. The molecule has 0 bridgehead atoms. The van der Waals surface area contributed by atoms with Gasteiger partial charge < -0.3 is 25.2 Å². The van der Waals surface area contributed by atoms with Gasteiger partial charge in [0, 0.05) is 18.7 Å². The summed E-state index contributed by atoms with van der Waals surface area (Å²) in [6.45, 7) is 8.13. The number of hydrogen-bond acceptors (Lipinski definition) is 5. The van der Waals surface area contributed by atoms with Crippen molar-refractivity contribution < 1.29 is 19.4 Å². The van der Waals surface area contributed by atoms with Gasteiger partial charge in [-0.15, -0.1) is 0 Å². The molecule has 0 spiro atoms. The summed E-state index contributed by atoms with van der Waals surface area (Å²) in [6.07, 6.45) is -0.193. The second-order valence-electron chi connectivity index (χ2n) is 6.88. The lowest BCUT2D eigenvalue weighted by Crippen LogP contribution is -2.38. The van der Waals surface area contributed by atoms with Crippen molar-refractivity contribution in [3.8, 4) is 5.75 Å². The maximum atomic E-state index is 11.7. The molecule has 3 N–H and O–H groups in total. The van der Waals surface area contributed by atoms with Crippen molar-refractivity contribution in [2.24, 2.45) is 0 Å². The highest BCUT2D eigenvalue weighted by molar-refractivity contribution is 5.67. The fourth-order valence-corrected chi connectivity index (χ4v) is 2.32. The molecule has 1 amide bonds. The third-order valence-electron chi connectivity index (χ3n) is 3.28. The lowest BCUT2D eigenvalue weighted by Gasteiger charge is -2.20. The van der Waals surface area contributed by atoms with Gasteiger partial charge in [0.15, 0.2) is 0 Å². The van der Waals surface area contributed by atoms with Gasteiger partial charge in [0.05, 0.1) is 12.6 Å². The van der Waals surface area contributed by atoms with Crippen molar-refractivity contribution in [3.63, 3.8) is 0 Å². The number of anilines is 1. The molecule has 1 aliphatic heterocycles. The Morgan fingerprint density at radius 2 is 2.22 bits per heavy atom. The number of carbonyl (C=O) groups excluding carboxylic acids is 1. The Labute approximate surface area is 137 Å². The van der Waals surface area contributed by atoms with Crippen LogP contribution in [-0.4, -0.2) is 42.1 Å². The van der Waals surface area contributed by atoms with Gasteiger partial charge >= 0.3 is 6.09 Å². The molecular weight excluding hydrogens is 296 g/mol. The number of rotatable bonds is 5. The van der Waals surface area contributed by atoms with Crippen LogP contribution < -0.4 is 15.4 Å². The summed E-state index contributed by atoms with van der Waals surface area (Å²) in [6, 6.07) is 5.85. The van der Waals surface area contributed by atoms with Gasteiger partial charge in [-0.05, 0) is 51.5 Å². The lowest BCUT2D eigenvalue weighted by atomic mass is 10.1. The number of aliphatic hydroxyl groups excluding tert-OH is 1. The minimum atomic E-state index is -0.506. The van der Waals surface area contributed by atoms with Crippen molar-refractivity contribution in [1.82, 2.24) is 5.32 Å². The minimum Gasteiger partial charge on any atom is -0.488 e. The summed E-state index contributed by atoms with van der Waals surface area (Å²) < 4.78 is 11.0. The van der Waals surface area contributed by atoms with E-state index in [1.165, 1.54) is 0 Å². The summed E-state index contributed by atoms with van der Waals surface area (Å²) in [5, 5.41) is 15.2. The van der Waals surface area contributed by atoms with E-state index in [-0.39, 0.29) is 6.10 Å². The zero-order chi connectivity index (χ0) is 17.0.